The Bertz CT molecular complexity index is 705. The second-order valence-electron chi connectivity index (χ2n) is 6.02. The highest BCUT2D eigenvalue weighted by Crippen LogP contribution is 2.47. The van der Waals surface area contributed by atoms with Gasteiger partial charge in [-0.25, -0.2) is 4.39 Å². The zero-order chi connectivity index (χ0) is 17.7. The Kier molecular flexibility index (Phi) is 9.01. The van der Waals surface area contributed by atoms with Crippen LogP contribution >= 0.6 is 12.4 Å². The molecule has 2 aromatic rings. The maximum atomic E-state index is 12.6. The van der Waals surface area contributed by atoms with Crippen molar-refractivity contribution in [3.63, 3.8) is 0 Å². The molecule has 0 bridgehead atoms. The molecule has 2 aromatic carbocycles. The maximum absolute atomic E-state index is 12.6. The van der Waals surface area contributed by atoms with Crippen molar-refractivity contribution < 1.29 is 19.1 Å². The maximum Gasteiger partial charge on any atom is 0.317 e. The van der Waals surface area contributed by atoms with Gasteiger partial charge in [-0.2, -0.15) is 0 Å². The van der Waals surface area contributed by atoms with Crippen molar-refractivity contribution in [2.24, 2.45) is 5.41 Å². The predicted molar refractivity (Wildman–Crippen MR) is 104 cm³/mol. The molecule has 0 atom stereocenters. The lowest BCUT2D eigenvalue weighted by molar-refractivity contribution is -0.148. The Labute approximate surface area is 159 Å². The monoisotopic (exact) mass is 381 g/mol. The molecule has 6 heteroatoms. The quantitative estimate of drug-likeness (QED) is 0.606. The molecule has 4 nitrogen and oxygen atoms in total. The van der Waals surface area contributed by atoms with E-state index < -0.39 is 11.4 Å². The summed E-state index contributed by atoms with van der Waals surface area (Å²) in [6.07, 6.45) is 0.900. The van der Waals surface area contributed by atoms with E-state index in [0.29, 0.717) is 18.4 Å². The Morgan fingerprint density at radius 3 is 1.96 bits per heavy atom. The van der Waals surface area contributed by atoms with E-state index in [1.807, 2.05) is 31.2 Å². The first kappa shape index (κ1) is 23.6. The molecule has 0 aromatic heterocycles. The topological polar surface area (TPSA) is 80.4 Å². The predicted octanol–water partition coefficient (Wildman–Crippen LogP) is 4.44. The number of benzene rings is 2. The van der Waals surface area contributed by atoms with Gasteiger partial charge in [0.25, 0.3) is 0 Å². The van der Waals surface area contributed by atoms with Gasteiger partial charge in [-0.15, -0.1) is 12.4 Å². The number of rotatable bonds is 4. The van der Waals surface area contributed by atoms with Gasteiger partial charge in [0.1, 0.15) is 11.2 Å². The lowest BCUT2D eigenvalue weighted by Gasteiger charge is -2.08. The highest BCUT2D eigenvalue weighted by Gasteiger charge is 2.56. The van der Waals surface area contributed by atoms with E-state index >= 15 is 0 Å². The molecule has 0 aliphatic heterocycles. The Morgan fingerprint density at radius 1 is 1.08 bits per heavy atom. The minimum atomic E-state index is -1.16. The smallest absolute Gasteiger partial charge is 0.317 e. The minimum absolute atomic E-state index is 0. The normalized spacial score (nSPS) is 13.2. The van der Waals surface area contributed by atoms with E-state index in [9.17, 15) is 14.0 Å². The van der Waals surface area contributed by atoms with Crippen LogP contribution in [0.5, 0.6) is 0 Å². The number of hydrogen-bond acceptors (Lipinski definition) is 3. The number of aryl methyl sites for hydroxylation is 1. The van der Waals surface area contributed by atoms with Crippen LogP contribution in [0.1, 0.15) is 31.4 Å². The molecule has 0 saturated heterocycles. The number of halogens is 2. The molecule has 0 spiro atoms. The molecule has 1 saturated carbocycles. The molecular weight excluding hydrogens is 357 g/mol. The zero-order valence-corrected chi connectivity index (χ0v) is 14.7. The largest absolute Gasteiger partial charge is 0.480 e. The number of aliphatic carboxylic acids is 1. The van der Waals surface area contributed by atoms with Crippen molar-refractivity contribution in [2.75, 3.05) is 5.73 Å². The van der Waals surface area contributed by atoms with E-state index in [0.717, 1.165) is 5.69 Å². The Morgan fingerprint density at radius 2 is 1.58 bits per heavy atom. The van der Waals surface area contributed by atoms with Crippen molar-refractivity contribution in [3.8, 4) is 0 Å². The highest BCUT2D eigenvalue weighted by molar-refractivity contribution is 6.06. The molecular formula is C20H25ClFNO3. The zero-order valence-electron chi connectivity index (χ0n) is 13.9. The number of anilines is 1. The van der Waals surface area contributed by atoms with Gasteiger partial charge in [0.15, 0.2) is 5.78 Å². The number of carboxylic acid groups (broad SMARTS) is 1. The summed E-state index contributed by atoms with van der Waals surface area (Å²) in [4.78, 5) is 22.6. The first-order chi connectivity index (χ1) is 11.3. The second-order valence-corrected chi connectivity index (χ2v) is 6.02. The average molecular weight is 382 g/mol. The van der Waals surface area contributed by atoms with Gasteiger partial charge in [0, 0.05) is 12.1 Å². The van der Waals surface area contributed by atoms with Gasteiger partial charge in [0.2, 0.25) is 0 Å². The molecule has 0 amide bonds. The SMILES string of the molecule is C.Cc1ccc(N)cc1.Cl.O=C(O)C1(C(=O)Cc2ccc(F)cc2)CC1. The van der Waals surface area contributed by atoms with Gasteiger partial charge in [0.05, 0.1) is 0 Å². The number of carbonyl (C=O) groups is 2. The van der Waals surface area contributed by atoms with Crippen LogP contribution in [0.2, 0.25) is 0 Å². The first-order valence-corrected chi connectivity index (χ1v) is 7.67. The lowest BCUT2D eigenvalue weighted by atomic mass is 9.95. The molecule has 142 valence electrons. The van der Waals surface area contributed by atoms with Crippen molar-refractivity contribution in [1.29, 1.82) is 0 Å². The third kappa shape index (κ3) is 6.15. The van der Waals surface area contributed by atoms with Crippen molar-refractivity contribution >= 4 is 29.8 Å². The van der Waals surface area contributed by atoms with E-state index in [4.69, 9.17) is 10.8 Å². The molecule has 1 fully saturated rings. The molecule has 1 aliphatic rings. The first-order valence-electron chi connectivity index (χ1n) is 7.67. The molecule has 1 aliphatic carbocycles. The van der Waals surface area contributed by atoms with Gasteiger partial charge >= 0.3 is 5.97 Å². The summed E-state index contributed by atoms with van der Waals surface area (Å²) in [5.41, 5.74) is 7.00. The fourth-order valence-corrected chi connectivity index (χ4v) is 2.26. The van der Waals surface area contributed by atoms with Crippen LogP contribution < -0.4 is 5.73 Å². The van der Waals surface area contributed by atoms with Crippen molar-refractivity contribution in [3.05, 3.63) is 65.5 Å². The Hall–Kier alpha value is -2.40. The van der Waals surface area contributed by atoms with Gasteiger partial charge in [-0.1, -0.05) is 37.3 Å². The third-order valence-corrected chi connectivity index (χ3v) is 4.05. The number of nitrogens with two attached hydrogens (primary N) is 1. The van der Waals surface area contributed by atoms with E-state index in [2.05, 4.69) is 0 Å². The summed E-state index contributed by atoms with van der Waals surface area (Å²) in [7, 11) is 0. The summed E-state index contributed by atoms with van der Waals surface area (Å²) in [6.45, 7) is 2.04. The van der Waals surface area contributed by atoms with Crippen molar-refractivity contribution in [1.82, 2.24) is 0 Å². The van der Waals surface area contributed by atoms with Crippen LogP contribution in [0.3, 0.4) is 0 Å². The fraction of sp³-hybridized carbons (Fsp3) is 0.300. The highest BCUT2D eigenvalue weighted by atomic mass is 35.5. The summed E-state index contributed by atoms with van der Waals surface area (Å²) in [6, 6.07) is 13.3. The third-order valence-electron chi connectivity index (χ3n) is 4.05. The number of nitrogen functional groups attached to an aromatic ring is 1. The molecule has 26 heavy (non-hydrogen) atoms. The lowest BCUT2D eigenvalue weighted by Crippen LogP contribution is -2.26. The fourth-order valence-electron chi connectivity index (χ4n) is 2.26. The van der Waals surface area contributed by atoms with Crippen LogP contribution in [0, 0.1) is 18.2 Å². The summed E-state index contributed by atoms with van der Waals surface area (Å²) < 4.78 is 12.6. The van der Waals surface area contributed by atoms with Crippen molar-refractivity contribution in [2.45, 2.75) is 33.6 Å². The van der Waals surface area contributed by atoms with Crippen LogP contribution in [0.15, 0.2) is 48.5 Å². The molecule has 3 rings (SSSR count). The number of carboxylic acids is 1. The number of ketones is 1. The number of hydrogen-bond donors (Lipinski definition) is 2. The van der Waals surface area contributed by atoms with Crippen LogP contribution in [0.4, 0.5) is 10.1 Å². The minimum Gasteiger partial charge on any atom is -0.480 e. The van der Waals surface area contributed by atoms with Crippen LogP contribution in [0.25, 0.3) is 0 Å². The second kappa shape index (κ2) is 9.92. The summed E-state index contributed by atoms with van der Waals surface area (Å²) >= 11 is 0. The number of carbonyl (C=O) groups excluding carboxylic acids is 1. The standard InChI is InChI=1S/C12H11FO3.C7H9N.CH4.ClH/c13-9-3-1-8(2-4-9)7-10(14)12(5-6-12)11(15)16;1-6-2-4-7(8)5-3-6;;/h1-4H,5-7H2,(H,15,16);2-5H,8H2,1H3;1H4;1H. The van der Waals surface area contributed by atoms with E-state index in [1.54, 1.807) is 0 Å². The molecule has 0 radical (unpaired) electrons. The number of Topliss-reactive ketones (excluding diaryl/α,β-unsaturated/α-hetero) is 1. The van der Waals surface area contributed by atoms with E-state index in [1.165, 1.54) is 29.8 Å². The molecule has 3 N–H and O–H groups in total. The van der Waals surface area contributed by atoms with Gasteiger partial charge in [-0.3, -0.25) is 9.59 Å². The molecule has 0 unspecified atom stereocenters. The van der Waals surface area contributed by atoms with Crippen LogP contribution in [-0.2, 0) is 16.0 Å². The summed E-state index contributed by atoms with van der Waals surface area (Å²) in [5.74, 6) is -1.69. The van der Waals surface area contributed by atoms with Crippen LogP contribution in [-0.4, -0.2) is 16.9 Å². The van der Waals surface area contributed by atoms with Gasteiger partial charge in [-0.05, 0) is 49.6 Å². The Balaban J connectivity index is 0.000000536. The summed E-state index contributed by atoms with van der Waals surface area (Å²) in [5, 5.41) is 8.92. The van der Waals surface area contributed by atoms with E-state index in [-0.39, 0.29) is 37.9 Å². The van der Waals surface area contributed by atoms with Gasteiger partial charge < -0.3 is 10.8 Å². The molecule has 0 heterocycles. The average Bonchev–Trinajstić information content (AvgIpc) is 3.35.